The molecule has 3 nitrogen and oxygen atoms in total. The third-order valence-electron chi connectivity index (χ3n) is 1.44. The summed E-state index contributed by atoms with van der Waals surface area (Å²) in [7, 11) is 0. The first kappa shape index (κ1) is 8.59. The van der Waals surface area contributed by atoms with Gasteiger partial charge in [0.2, 0.25) is 0 Å². The largest absolute Gasteiger partial charge is 0.263 e. The minimum atomic E-state index is 0.912. The van der Waals surface area contributed by atoms with Gasteiger partial charge < -0.3 is 0 Å². The predicted octanol–water partition coefficient (Wildman–Crippen LogP) is 1.27. The average molecular weight is 171 g/mol. The van der Waals surface area contributed by atoms with Crippen LogP contribution in [0.2, 0.25) is 0 Å². The molecular formula is C7H13N3S. The van der Waals surface area contributed by atoms with E-state index in [1.807, 2.05) is 11.8 Å². The molecule has 4 heteroatoms. The van der Waals surface area contributed by atoms with E-state index in [9.17, 15) is 0 Å². The number of rotatable bonds is 4. The molecule has 1 aromatic rings. The maximum Gasteiger partial charge on any atom is 0.150 e. The second kappa shape index (κ2) is 4.38. The molecule has 0 saturated heterocycles. The normalized spacial score (nSPS) is 10.4. The van der Waals surface area contributed by atoms with Crippen molar-refractivity contribution in [1.82, 2.24) is 15.2 Å². The number of nitrogens with zero attached hydrogens (tertiary/aromatic N) is 2. The number of aromatic nitrogens is 3. The van der Waals surface area contributed by atoms with Crippen LogP contribution in [0.1, 0.15) is 18.6 Å². The fourth-order valence-corrected chi connectivity index (χ4v) is 1.20. The number of hydrogen-bond acceptors (Lipinski definition) is 3. The lowest BCUT2D eigenvalue weighted by Gasteiger charge is -1.89. The molecule has 0 spiro atoms. The quantitative estimate of drug-likeness (QED) is 0.741. The van der Waals surface area contributed by atoms with E-state index in [1.54, 1.807) is 0 Å². The van der Waals surface area contributed by atoms with Crippen LogP contribution in [0.4, 0.5) is 0 Å². The van der Waals surface area contributed by atoms with Gasteiger partial charge >= 0.3 is 0 Å². The zero-order valence-corrected chi connectivity index (χ0v) is 7.74. The number of thioether (sulfide) groups is 1. The maximum atomic E-state index is 4.29. The van der Waals surface area contributed by atoms with Gasteiger partial charge in [0.15, 0.2) is 0 Å². The first-order chi connectivity index (χ1) is 5.36. The Morgan fingerprint density at radius 2 is 2.36 bits per heavy atom. The number of hydrogen-bond donors (Lipinski definition) is 1. The van der Waals surface area contributed by atoms with Crippen LogP contribution in [-0.4, -0.2) is 27.2 Å². The van der Waals surface area contributed by atoms with Crippen molar-refractivity contribution in [2.75, 3.05) is 12.0 Å². The summed E-state index contributed by atoms with van der Waals surface area (Å²) in [5.41, 5.74) is 0. The molecule has 62 valence electrons. The third kappa shape index (κ3) is 2.54. The summed E-state index contributed by atoms with van der Waals surface area (Å²) in [6, 6.07) is 0. The lowest BCUT2D eigenvalue weighted by Crippen LogP contribution is -1.90. The average Bonchev–Trinajstić information content (AvgIpc) is 2.48. The van der Waals surface area contributed by atoms with Crippen LogP contribution < -0.4 is 0 Å². The number of H-pyrrole nitrogens is 1. The van der Waals surface area contributed by atoms with E-state index in [0.717, 1.165) is 30.2 Å². The lowest BCUT2D eigenvalue weighted by molar-refractivity contribution is 0.939. The van der Waals surface area contributed by atoms with Crippen LogP contribution in [-0.2, 0) is 12.8 Å². The summed E-state index contributed by atoms with van der Waals surface area (Å²) in [4.78, 5) is 4.29. The van der Waals surface area contributed by atoms with E-state index < -0.39 is 0 Å². The molecule has 11 heavy (non-hydrogen) atoms. The Bertz CT molecular complexity index is 209. The van der Waals surface area contributed by atoms with Gasteiger partial charge in [-0.05, 0) is 6.26 Å². The second-order valence-electron chi connectivity index (χ2n) is 2.29. The number of nitrogens with one attached hydrogen (secondary N) is 1. The van der Waals surface area contributed by atoms with Crippen LogP contribution in [0.15, 0.2) is 0 Å². The molecule has 1 N–H and O–H groups in total. The van der Waals surface area contributed by atoms with Crippen molar-refractivity contribution in [1.29, 1.82) is 0 Å². The molecule has 0 aliphatic rings. The number of aromatic amines is 1. The van der Waals surface area contributed by atoms with E-state index >= 15 is 0 Å². The zero-order chi connectivity index (χ0) is 8.10. The standard InChI is InChI=1S/C7H13N3S/c1-3-6-8-7(10-9-6)4-5-11-2/h3-5H2,1-2H3,(H,8,9,10). The summed E-state index contributed by atoms with van der Waals surface area (Å²) >= 11 is 1.83. The molecule has 0 aromatic carbocycles. The second-order valence-corrected chi connectivity index (χ2v) is 3.28. The minimum Gasteiger partial charge on any atom is -0.263 e. The summed E-state index contributed by atoms with van der Waals surface area (Å²) in [5, 5.41) is 6.96. The van der Waals surface area contributed by atoms with Gasteiger partial charge in [-0.2, -0.15) is 16.9 Å². The summed E-state index contributed by atoms with van der Waals surface area (Å²) in [5.74, 6) is 3.04. The minimum absolute atomic E-state index is 0.912. The molecule has 0 saturated carbocycles. The smallest absolute Gasteiger partial charge is 0.150 e. The molecule has 0 fully saturated rings. The van der Waals surface area contributed by atoms with E-state index in [-0.39, 0.29) is 0 Å². The van der Waals surface area contributed by atoms with Gasteiger partial charge in [-0.1, -0.05) is 6.92 Å². The van der Waals surface area contributed by atoms with Crippen molar-refractivity contribution in [2.45, 2.75) is 19.8 Å². The van der Waals surface area contributed by atoms with Gasteiger partial charge in [-0.3, -0.25) is 5.10 Å². The Morgan fingerprint density at radius 1 is 1.55 bits per heavy atom. The molecule has 0 atom stereocenters. The van der Waals surface area contributed by atoms with Crippen LogP contribution in [0, 0.1) is 0 Å². The van der Waals surface area contributed by atoms with Gasteiger partial charge in [-0.25, -0.2) is 4.98 Å². The highest BCUT2D eigenvalue weighted by molar-refractivity contribution is 7.98. The van der Waals surface area contributed by atoms with Crippen molar-refractivity contribution in [2.24, 2.45) is 0 Å². The van der Waals surface area contributed by atoms with Gasteiger partial charge in [0.05, 0.1) is 0 Å². The fourth-order valence-electron chi connectivity index (χ4n) is 0.803. The highest BCUT2D eigenvalue weighted by atomic mass is 32.2. The molecule has 1 aromatic heterocycles. The van der Waals surface area contributed by atoms with Crippen molar-refractivity contribution in [3.8, 4) is 0 Å². The lowest BCUT2D eigenvalue weighted by atomic mass is 10.4. The highest BCUT2D eigenvalue weighted by Gasteiger charge is 1.98. The molecule has 0 amide bonds. The highest BCUT2D eigenvalue weighted by Crippen LogP contribution is 1.99. The van der Waals surface area contributed by atoms with Crippen LogP contribution in [0.5, 0.6) is 0 Å². The Kier molecular flexibility index (Phi) is 3.42. The van der Waals surface area contributed by atoms with E-state index in [4.69, 9.17) is 0 Å². The van der Waals surface area contributed by atoms with Crippen molar-refractivity contribution < 1.29 is 0 Å². The molecule has 0 aliphatic heterocycles. The van der Waals surface area contributed by atoms with Crippen molar-refractivity contribution >= 4 is 11.8 Å². The SMILES string of the molecule is CCc1n[nH]c(CCSC)n1. The summed E-state index contributed by atoms with van der Waals surface area (Å²) in [6.07, 6.45) is 4.00. The topological polar surface area (TPSA) is 41.6 Å². The van der Waals surface area contributed by atoms with Gasteiger partial charge in [0.1, 0.15) is 11.6 Å². The first-order valence-electron chi connectivity index (χ1n) is 3.76. The monoisotopic (exact) mass is 171 g/mol. The van der Waals surface area contributed by atoms with Crippen LogP contribution in [0.3, 0.4) is 0 Å². The predicted molar refractivity (Wildman–Crippen MR) is 47.8 cm³/mol. The summed E-state index contributed by atoms with van der Waals surface area (Å²) < 4.78 is 0. The van der Waals surface area contributed by atoms with E-state index in [1.165, 1.54) is 0 Å². The Balaban J connectivity index is 2.44. The Morgan fingerprint density at radius 3 is 2.91 bits per heavy atom. The van der Waals surface area contributed by atoms with Gasteiger partial charge in [0.25, 0.3) is 0 Å². The third-order valence-corrected chi connectivity index (χ3v) is 2.05. The van der Waals surface area contributed by atoms with Crippen LogP contribution in [0.25, 0.3) is 0 Å². The molecule has 1 heterocycles. The molecular weight excluding hydrogens is 158 g/mol. The first-order valence-corrected chi connectivity index (χ1v) is 5.15. The zero-order valence-electron chi connectivity index (χ0n) is 6.92. The molecule has 0 aliphatic carbocycles. The Hall–Kier alpha value is -0.510. The van der Waals surface area contributed by atoms with Gasteiger partial charge in [0, 0.05) is 18.6 Å². The number of aryl methyl sites for hydroxylation is 2. The molecule has 1 rings (SSSR count). The Labute approximate surface area is 71.0 Å². The van der Waals surface area contributed by atoms with Gasteiger partial charge in [-0.15, -0.1) is 0 Å². The van der Waals surface area contributed by atoms with E-state index in [0.29, 0.717) is 0 Å². The molecule has 0 radical (unpaired) electrons. The van der Waals surface area contributed by atoms with Crippen molar-refractivity contribution in [3.05, 3.63) is 11.6 Å². The van der Waals surface area contributed by atoms with Crippen LogP contribution >= 0.6 is 11.8 Å². The summed E-state index contributed by atoms with van der Waals surface area (Å²) in [6.45, 7) is 2.06. The van der Waals surface area contributed by atoms with Crippen molar-refractivity contribution in [3.63, 3.8) is 0 Å². The van der Waals surface area contributed by atoms with E-state index in [2.05, 4.69) is 28.4 Å². The molecule has 0 unspecified atom stereocenters. The maximum absolute atomic E-state index is 4.29. The fraction of sp³-hybridized carbons (Fsp3) is 0.714. The molecule has 0 bridgehead atoms.